The number of hydrogen-bond donors (Lipinski definition) is 1. The van der Waals surface area contributed by atoms with Gasteiger partial charge in [-0.3, -0.25) is 9.69 Å². The van der Waals surface area contributed by atoms with Gasteiger partial charge in [0.15, 0.2) is 0 Å². The number of benzene rings is 1. The maximum Gasteiger partial charge on any atom is 0.308 e. The van der Waals surface area contributed by atoms with Crippen LogP contribution in [0.4, 0.5) is 11.5 Å². The molecule has 1 aromatic carbocycles. The Morgan fingerprint density at radius 1 is 1.17 bits per heavy atom. The molecule has 1 saturated heterocycles. The lowest BCUT2D eigenvalue weighted by Gasteiger charge is -2.23. The van der Waals surface area contributed by atoms with Crippen molar-refractivity contribution in [2.45, 2.75) is 46.0 Å². The van der Waals surface area contributed by atoms with Crippen molar-refractivity contribution >= 4 is 33.3 Å². The zero-order valence-electron chi connectivity index (χ0n) is 17.0. The van der Waals surface area contributed by atoms with E-state index in [0.29, 0.717) is 5.82 Å². The zero-order valence-corrected chi connectivity index (χ0v) is 18.6. The zero-order chi connectivity index (χ0) is 20.4. The highest BCUT2D eigenvalue weighted by Gasteiger charge is 2.23. The van der Waals surface area contributed by atoms with Gasteiger partial charge < -0.3 is 5.32 Å². The van der Waals surface area contributed by atoms with Gasteiger partial charge in [0.2, 0.25) is 0 Å². The molecule has 2 aliphatic rings. The number of aryl methyl sites for hydroxylation is 4. The molecule has 1 aliphatic carbocycles. The first-order chi connectivity index (χ1) is 14.0. The second kappa shape index (κ2) is 8.69. The lowest BCUT2D eigenvalue weighted by Crippen LogP contribution is -2.28. The third-order valence-corrected chi connectivity index (χ3v) is 6.64. The summed E-state index contributed by atoms with van der Waals surface area (Å²) in [5, 5.41) is 3.34. The number of piperidine rings is 1. The summed E-state index contributed by atoms with van der Waals surface area (Å²) in [7, 11) is 0. The molecule has 2 aromatic rings. The Hall–Kier alpha value is -2.16. The maximum atomic E-state index is 13.3. The summed E-state index contributed by atoms with van der Waals surface area (Å²) in [4.78, 5) is 19.9. The van der Waals surface area contributed by atoms with Gasteiger partial charge in [0.1, 0.15) is 5.82 Å². The molecule has 4 rings (SSSR count). The first kappa shape index (κ1) is 20.1. The van der Waals surface area contributed by atoms with E-state index in [1.54, 1.807) is 4.90 Å². The number of carbonyl (C=O) groups is 1. The molecular weight excluding hydrogens is 426 g/mol. The second-order valence-electron chi connectivity index (χ2n) is 7.95. The van der Waals surface area contributed by atoms with E-state index in [9.17, 15) is 4.79 Å². The van der Waals surface area contributed by atoms with E-state index in [0.717, 1.165) is 72.2 Å². The van der Waals surface area contributed by atoms with Crippen LogP contribution in [-0.2, 0) is 17.6 Å². The summed E-state index contributed by atoms with van der Waals surface area (Å²) in [5.74, 6) is 6.89. The van der Waals surface area contributed by atoms with Gasteiger partial charge in [0, 0.05) is 16.1 Å². The van der Waals surface area contributed by atoms with E-state index in [1.165, 1.54) is 5.56 Å². The quantitative estimate of drug-likeness (QED) is 0.677. The molecule has 0 saturated carbocycles. The fourth-order valence-electron chi connectivity index (χ4n) is 4.06. The predicted octanol–water partition coefficient (Wildman–Crippen LogP) is 4.62. The largest absolute Gasteiger partial charge is 0.317 e. The minimum Gasteiger partial charge on any atom is -0.317 e. The first-order valence-corrected chi connectivity index (χ1v) is 11.1. The van der Waals surface area contributed by atoms with E-state index in [4.69, 9.17) is 4.98 Å². The van der Waals surface area contributed by atoms with E-state index in [1.807, 2.05) is 26.0 Å². The lowest BCUT2D eigenvalue weighted by molar-refractivity contribution is -0.112. The van der Waals surface area contributed by atoms with Crippen LogP contribution in [0.1, 0.15) is 41.6 Å². The Kier molecular flexibility index (Phi) is 6.03. The minimum absolute atomic E-state index is 0.209. The molecule has 0 radical (unpaired) electrons. The van der Waals surface area contributed by atoms with Crippen molar-refractivity contribution in [2.24, 2.45) is 5.92 Å². The van der Waals surface area contributed by atoms with Gasteiger partial charge in [-0.15, -0.1) is 0 Å². The average molecular weight is 452 g/mol. The maximum absolute atomic E-state index is 13.3. The number of fused-ring (bicyclic) bond motifs is 1. The number of halogens is 1. The number of carbonyl (C=O) groups excluding carboxylic acids is 1. The Morgan fingerprint density at radius 2 is 1.97 bits per heavy atom. The van der Waals surface area contributed by atoms with Gasteiger partial charge in [-0.1, -0.05) is 27.9 Å². The van der Waals surface area contributed by atoms with Crippen molar-refractivity contribution in [3.8, 4) is 11.8 Å². The van der Waals surface area contributed by atoms with Crippen LogP contribution in [0.25, 0.3) is 0 Å². The number of aromatic nitrogens is 1. The van der Waals surface area contributed by atoms with Crippen LogP contribution < -0.4 is 10.2 Å². The summed E-state index contributed by atoms with van der Waals surface area (Å²) in [5.41, 5.74) is 5.35. The molecule has 4 nitrogen and oxygen atoms in total. The molecule has 1 amide bonds. The minimum atomic E-state index is -0.209. The lowest BCUT2D eigenvalue weighted by atomic mass is 9.99. The normalized spacial score (nSPS) is 16.1. The molecule has 2 heterocycles. The topological polar surface area (TPSA) is 45.2 Å². The number of anilines is 2. The molecular formula is C24H26BrN3O. The first-order valence-electron chi connectivity index (χ1n) is 10.3. The van der Waals surface area contributed by atoms with E-state index < -0.39 is 0 Å². The van der Waals surface area contributed by atoms with Gasteiger partial charge in [-0.25, -0.2) is 4.98 Å². The van der Waals surface area contributed by atoms with E-state index >= 15 is 0 Å². The van der Waals surface area contributed by atoms with Crippen LogP contribution in [0.2, 0.25) is 0 Å². The highest BCUT2D eigenvalue weighted by molar-refractivity contribution is 9.10. The Balaban J connectivity index is 1.74. The van der Waals surface area contributed by atoms with E-state index in [2.05, 4.69) is 45.2 Å². The van der Waals surface area contributed by atoms with Gasteiger partial charge >= 0.3 is 5.91 Å². The van der Waals surface area contributed by atoms with Gasteiger partial charge in [-0.2, -0.15) is 0 Å². The molecule has 1 fully saturated rings. The molecule has 1 N–H and O–H groups in total. The van der Waals surface area contributed by atoms with Crippen LogP contribution in [-0.4, -0.2) is 24.0 Å². The molecule has 0 spiro atoms. The summed E-state index contributed by atoms with van der Waals surface area (Å²) >= 11 is 3.59. The highest BCUT2D eigenvalue weighted by Crippen LogP contribution is 2.33. The Morgan fingerprint density at radius 3 is 2.76 bits per heavy atom. The van der Waals surface area contributed by atoms with Crippen LogP contribution in [0.3, 0.4) is 0 Å². The summed E-state index contributed by atoms with van der Waals surface area (Å²) in [6.07, 6.45) is 5.17. The van der Waals surface area contributed by atoms with Crippen LogP contribution in [0, 0.1) is 31.6 Å². The number of nitrogens with one attached hydrogen (secondary N) is 1. The molecule has 0 atom stereocenters. The van der Waals surface area contributed by atoms with Crippen molar-refractivity contribution in [2.75, 3.05) is 18.0 Å². The van der Waals surface area contributed by atoms with Crippen LogP contribution in [0.5, 0.6) is 0 Å². The van der Waals surface area contributed by atoms with Crippen molar-refractivity contribution in [1.82, 2.24) is 10.3 Å². The molecule has 0 unspecified atom stereocenters. The van der Waals surface area contributed by atoms with Crippen molar-refractivity contribution in [3.63, 3.8) is 0 Å². The Bertz CT molecular complexity index is 999. The van der Waals surface area contributed by atoms with Gasteiger partial charge in [0.25, 0.3) is 0 Å². The number of rotatable bonds is 2. The monoisotopic (exact) mass is 451 g/mol. The summed E-state index contributed by atoms with van der Waals surface area (Å²) in [6.45, 7) is 5.99. The molecule has 0 bridgehead atoms. The summed E-state index contributed by atoms with van der Waals surface area (Å²) < 4.78 is 1.04. The summed E-state index contributed by atoms with van der Waals surface area (Å²) in [6, 6.07) is 8.17. The van der Waals surface area contributed by atoms with Crippen LogP contribution in [0.15, 0.2) is 28.7 Å². The van der Waals surface area contributed by atoms with Crippen molar-refractivity contribution in [3.05, 3.63) is 51.1 Å². The third kappa shape index (κ3) is 4.39. The molecule has 1 aromatic heterocycles. The SMILES string of the molecule is Cc1cc(N(C(=O)C#CC2CCNCC2)c2ccc3c(n2)CCC3)c(C)cc1Br. The van der Waals surface area contributed by atoms with E-state index in [-0.39, 0.29) is 11.8 Å². The molecule has 5 heteroatoms. The van der Waals surface area contributed by atoms with Crippen molar-refractivity contribution in [1.29, 1.82) is 0 Å². The standard InChI is InChI=1S/C24H26BrN3O/c1-16-15-22(17(2)14-20(16)25)28(23-8-7-19-4-3-5-21(19)27-23)24(29)9-6-18-10-12-26-13-11-18/h7-8,14-15,18,26H,3-5,10-13H2,1-2H3. The molecule has 29 heavy (non-hydrogen) atoms. The smallest absolute Gasteiger partial charge is 0.308 e. The number of nitrogens with zero attached hydrogens (tertiary/aromatic N) is 2. The van der Waals surface area contributed by atoms with Gasteiger partial charge in [0.05, 0.1) is 5.69 Å². The molecule has 150 valence electrons. The fraction of sp³-hybridized carbons (Fsp3) is 0.417. The van der Waals surface area contributed by atoms with Crippen molar-refractivity contribution < 1.29 is 4.79 Å². The van der Waals surface area contributed by atoms with Gasteiger partial charge in [-0.05, 0) is 99.9 Å². The number of amides is 1. The average Bonchev–Trinajstić information content (AvgIpc) is 3.19. The Labute approximate surface area is 181 Å². The third-order valence-electron chi connectivity index (χ3n) is 5.79. The second-order valence-corrected chi connectivity index (χ2v) is 8.81. The highest BCUT2D eigenvalue weighted by atomic mass is 79.9. The number of pyridine rings is 1. The van der Waals surface area contributed by atoms with Crippen LogP contribution >= 0.6 is 15.9 Å². The number of hydrogen-bond acceptors (Lipinski definition) is 3. The molecule has 1 aliphatic heterocycles. The predicted molar refractivity (Wildman–Crippen MR) is 120 cm³/mol. The fourth-order valence-corrected chi connectivity index (χ4v) is 4.52.